The second-order valence-electron chi connectivity index (χ2n) is 5.97. The number of nitrogens with zero attached hydrogens (tertiary/aromatic N) is 1. The van der Waals surface area contributed by atoms with Crippen molar-refractivity contribution in [3.05, 3.63) is 35.9 Å². The van der Waals surface area contributed by atoms with E-state index < -0.39 is 6.09 Å². The minimum Gasteiger partial charge on any atom is -0.465 e. The number of hydrogen-bond acceptors (Lipinski definition) is 2. The second-order valence-corrected chi connectivity index (χ2v) is 5.97. The zero-order valence-corrected chi connectivity index (χ0v) is 11.7. The molecule has 1 aromatic rings. The van der Waals surface area contributed by atoms with Gasteiger partial charge in [0.2, 0.25) is 0 Å². The van der Waals surface area contributed by atoms with Crippen molar-refractivity contribution in [2.24, 2.45) is 11.8 Å². The van der Waals surface area contributed by atoms with Crippen LogP contribution in [0.5, 0.6) is 0 Å². The summed E-state index contributed by atoms with van der Waals surface area (Å²) in [6, 6.07) is 10.4. The van der Waals surface area contributed by atoms with Crippen LogP contribution in [0.2, 0.25) is 0 Å². The average Bonchev–Trinajstić information content (AvgIpc) is 3.02. The van der Waals surface area contributed by atoms with Crippen LogP contribution < -0.4 is 5.32 Å². The monoisotopic (exact) mass is 274 g/mol. The molecule has 0 aromatic heterocycles. The van der Waals surface area contributed by atoms with Gasteiger partial charge in [-0.15, -0.1) is 0 Å². The predicted octanol–water partition coefficient (Wildman–Crippen LogP) is 2.55. The first-order chi connectivity index (χ1) is 9.75. The zero-order chi connectivity index (χ0) is 13.9. The molecule has 0 radical (unpaired) electrons. The van der Waals surface area contributed by atoms with Gasteiger partial charge in [-0.3, -0.25) is 0 Å². The summed E-state index contributed by atoms with van der Waals surface area (Å²) in [5.74, 6) is 1.16. The number of hydrogen-bond donors (Lipinski definition) is 2. The maximum Gasteiger partial charge on any atom is 0.407 e. The van der Waals surface area contributed by atoms with Crippen molar-refractivity contribution in [1.29, 1.82) is 0 Å². The van der Waals surface area contributed by atoms with Gasteiger partial charge in [0.1, 0.15) is 0 Å². The summed E-state index contributed by atoms with van der Waals surface area (Å²) in [5.41, 5.74) is 1.25. The van der Waals surface area contributed by atoms with Crippen LogP contribution in [0.25, 0.3) is 0 Å². The van der Waals surface area contributed by atoms with E-state index in [1.165, 1.54) is 24.8 Å². The fourth-order valence-corrected chi connectivity index (χ4v) is 3.86. The molecule has 2 N–H and O–H groups in total. The van der Waals surface area contributed by atoms with Crippen molar-refractivity contribution in [2.45, 2.75) is 31.8 Å². The van der Waals surface area contributed by atoms with E-state index >= 15 is 0 Å². The Labute approximate surface area is 119 Å². The third-order valence-electron chi connectivity index (χ3n) is 4.81. The largest absolute Gasteiger partial charge is 0.465 e. The Bertz CT molecular complexity index is 463. The third kappa shape index (κ3) is 2.66. The number of rotatable bonds is 4. The standard InChI is InChI=1S/C16H22N2O2/c19-16(20)18-11-13-7-4-8-14(13)15(18)10-17-9-12-5-2-1-3-6-12/h1-3,5-6,13-15,17H,4,7-11H2,(H,19,20)/t13-,14-,15+/m0/s1. The number of carboxylic acid groups (broad SMARTS) is 1. The molecule has 20 heavy (non-hydrogen) atoms. The number of benzene rings is 1. The lowest BCUT2D eigenvalue weighted by Gasteiger charge is -2.25. The number of likely N-dealkylation sites (tertiary alicyclic amines) is 1. The smallest absolute Gasteiger partial charge is 0.407 e. The van der Waals surface area contributed by atoms with Crippen molar-refractivity contribution >= 4 is 6.09 Å². The van der Waals surface area contributed by atoms with Crippen LogP contribution in [0.3, 0.4) is 0 Å². The van der Waals surface area contributed by atoms with Crippen molar-refractivity contribution in [3.8, 4) is 0 Å². The molecule has 0 bridgehead atoms. The van der Waals surface area contributed by atoms with Crippen LogP contribution in [0.1, 0.15) is 24.8 Å². The van der Waals surface area contributed by atoms with E-state index in [-0.39, 0.29) is 6.04 Å². The Hall–Kier alpha value is -1.55. The molecule has 2 fully saturated rings. The van der Waals surface area contributed by atoms with Gasteiger partial charge in [-0.05, 0) is 30.2 Å². The molecule has 4 nitrogen and oxygen atoms in total. The molecular weight excluding hydrogens is 252 g/mol. The van der Waals surface area contributed by atoms with E-state index in [1.54, 1.807) is 4.90 Å². The zero-order valence-electron chi connectivity index (χ0n) is 11.7. The average molecular weight is 274 g/mol. The van der Waals surface area contributed by atoms with Crippen LogP contribution in [-0.2, 0) is 6.54 Å². The number of nitrogens with one attached hydrogen (secondary N) is 1. The molecule has 0 spiro atoms. The molecule has 3 atom stereocenters. The molecule has 3 rings (SSSR count). The lowest BCUT2D eigenvalue weighted by Crippen LogP contribution is -2.43. The first-order valence-corrected chi connectivity index (χ1v) is 7.50. The van der Waals surface area contributed by atoms with Gasteiger partial charge in [-0.1, -0.05) is 36.8 Å². The summed E-state index contributed by atoms with van der Waals surface area (Å²) < 4.78 is 0. The van der Waals surface area contributed by atoms with Gasteiger partial charge in [-0.2, -0.15) is 0 Å². The van der Waals surface area contributed by atoms with E-state index in [0.717, 1.165) is 19.6 Å². The van der Waals surface area contributed by atoms with Crippen molar-refractivity contribution in [2.75, 3.05) is 13.1 Å². The van der Waals surface area contributed by atoms with Gasteiger partial charge >= 0.3 is 6.09 Å². The number of fused-ring (bicyclic) bond motifs is 1. The van der Waals surface area contributed by atoms with E-state index in [4.69, 9.17) is 0 Å². The quantitative estimate of drug-likeness (QED) is 0.887. The summed E-state index contributed by atoms with van der Waals surface area (Å²) in [5, 5.41) is 12.8. The fraction of sp³-hybridized carbons (Fsp3) is 0.562. The molecule has 1 aromatic carbocycles. The SMILES string of the molecule is O=C(O)N1C[C@@H]2CCC[C@@H]2[C@H]1CNCc1ccccc1. The number of carbonyl (C=O) groups is 1. The lowest BCUT2D eigenvalue weighted by molar-refractivity contribution is 0.132. The highest BCUT2D eigenvalue weighted by molar-refractivity contribution is 5.66. The number of amides is 1. The molecule has 0 unspecified atom stereocenters. The van der Waals surface area contributed by atoms with E-state index in [0.29, 0.717) is 11.8 Å². The highest BCUT2D eigenvalue weighted by atomic mass is 16.4. The Morgan fingerprint density at radius 1 is 1.30 bits per heavy atom. The first-order valence-electron chi connectivity index (χ1n) is 7.50. The Kier molecular flexibility index (Phi) is 3.92. The molecule has 1 aliphatic heterocycles. The minimum atomic E-state index is -0.758. The molecule has 1 aliphatic carbocycles. The summed E-state index contributed by atoms with van der Waals surface area (Å²) in [4.78, 5) is 13.0. The molecule has 4 heteroatoms. The van der Waals surface area contributed by atoms with Gasteiger partial charge in [0.25, 0.3) is 0 Å². The molecule has 2 aliphatic rings. The Balaban J connectivity index is 1.58. The van der Waals surface area contributed by atoms with Crippen LogP contribution in [-0.4, -0.2) is 35.2 Å². The maximum absolute atomic E-state index is 11.4. The van der Waals surface area contributed by atoms with Crippen molar-refractivity contribution in [1.82, 2.24) is 10.2 Å². The van der Waals surface area contributed by atoms with Crippen LogP contribution >= 0.6 is 0 Å². The minimum absolute atomic E-state index is 0.156. The predicted molar refractivity (Wildman–Crippen MR) is 77.5 cm³/mol. The molecule has 108 valence electrons. The molecule has 1 heterocycles. The van der Waals surface area contributed by atoms with Crippen molar-refractivity contribution in [3.63, 3.8) is 0 Å². The van der Waals surface area contributed by atoms with Crippen LogP contribution in [0.15, 0.2) is 30.3 Å². The first kappa shape index (κ1) is 13.4. The summed E-state index contributed by atoms with van der Waals surface area (Å²) >= 11 is 0. The van der Waals surface area contributed by atoms with Crippen LogP contribution in [0.4, 0.5) is 4.79 Å². The second kappa shape index (κ2) is 5.83. The van der Waals surface area contributed by atoms with Gasteiger partial charge < -0.3 is 15.3 Å². The van der Waals surface area contributed by atoms with Crippen molar-refractivity contribution < 1.29 is 9.90 Å². The summed E-state index contributed by atoms with van der Waals surface area (Å²) in [6.07, 6.45) is 2.89. The fourth-order valence-electron chi connectivity index (χ4n) is 3.86. The van der Waals surface area contributed by atoms with Gasteiger partial charge in [-0.25, -0.2) is 4.79 Å². The Morgan fingerprint density at radius 3 is 2.85 bits per heavy atom. The van der Waals surface area contributed by atoms with E-state index in [2.05, 4.69) is 17.4 Å². The van der Waals surface area contributed by atoms with Gasteiger partial charge in [0, 0.05) is 19.6 Å². The van der Waals surface area contributed by atoms with Crippen LogP contribution in [0, 0.1) is 11.8 Å². The highest BCUT2D eigenvalue weighted by Gasteiger charge is 2.45. The lowest BCUT2D eigenvalue weighted by atomic mass is 9.94. The molecule has 1 amide bonds. The normalized spacial score (nSPS) is 28.6. The van der Waals surface area contributed by atoms with E-state index in [1.807, 2.05) is 18.2 Å². The third-order valence-corrected chi connectivity index (χ3v) is 4.81. The highest BCUT2D eigenvalue weighted by Crippen LogP contribution is 2.41. The maximum atomic E-state index is 11.4. The van der Waals surface area contributed by atoms with E-state index in [9.17, 15) is 9.90 Å². The molecule has 1 saturated carbocycles. The van der Waals surface area contributed by atoms with Gasteiger partial charge in [0.15, 0.2) is 0 Å². The van der Waals surface area contributed by atoms with Gasteiger partial charge in [0.05, 0.1) is 6.04 Å². The summed E-state index contributed by atoms with van der Waals surface area (Å²) in [6.45, 7) is 2.31. The summed E-state index contributed by atoms with van der Waals surface area (Å²) in [7, 11) is 0. The molecular formula is C16H22N2O2. The molecule has 1 saturated heterocycles. The topological polar surface area (TPSA) is 52.6 Å². The Morgan fingerprint density at radius 2 is 2.10 bits per heavy atom.